The molecule has 4 heterocycles. The van der Waals surface area contributed by atoms with Crippen LogP contribution in [0.2, 0.25) is 0 Å². The average Bonchev–Trinajstić information content (AvgIpc) is 3.82. The van der Waals surface area contributed by atoms with E-state index in [2.05, 4.69) is 20.6 Å². The van der Waals surface area contributed by atoms with E-state index in [0.717, 1.165) is 21.8 Å². The zero-order chi connectivity index (χ0) is 28.2. The molecular weight excluding hydrogens is 563 g/mol. The molecule has 0 aliphatic carbocycles. The molecule has 1 atom stereocenters. The summed E-state index contributed by atoms with van der Waals surface area (Å²) in [5.41, 5.74) is 2.41. The summed E-state index contributed by atoms with van der Waals surface area (Å²) >= 11 is 2.79. The van der Waals surface area contributed by atoms with E-state index in [4.69, 9.17) is 4.42 Å². The first kappa shape index (κ1) is 26.7. The SMILES string of the molecule is O=C(NCc1nnc(SCC(=O)N2N=C(c3cccs3)CC2c2ccc(F)cc2)n1-c1ccccc1)c1ccco1. The summed E-state index contributed by atoms with van der Waals surface area (Å²) in [6.45, 7) is 0.100. The third kappa shape index (κ3) is 5.83. The van der Waals surface area contributed by atoms with Gasteiger partial charge < -0.3 is 9.73 Å². The van der Waals surface area contributed by atoms with Crippen molar-refractivity contribution in [1.29, 1.82) is 0 Å². The smallest absolute Gasteiger partial charge is 0.287 e. The quantitative estimate of drug-likeness (QED) is 0.230. The van der Waals surface area contributed by atoms with Crippen LogP contribution in [-0.4, -0.2) is 43.1 Å². The lowest BCUT2D eigenvalue weighted by Crippen LogP contribution is -2.28. The largest absolute Gasteiger partial charge is 0.459 e. The number of halogens is 1. The minimum atomic E-state index is -0.373. The highest BCUT2D eigenvalue weighted by Crippen LogP contribution is 2.35. The van der Waals surface area contributed by atoms with Crippen molar-refractivity contribution in [3.05, 3.63) is 118 Å². The molecule has 12 heteroatoms. The third-order valence-electron chi connectivity index (χ3n) is 6.42. The van der Waals surface area contributed by atoms with Crippen LogP contribution in [0.15, 0.2) is 105 Å². The third-order valence-corrected chi connectivity index (χ3v) is 8.25. The number of thioether (sulfide) groups is 1. The number of furan rings is 1. The van der Waals surface area contributed by atoms with E-state index < -0.39 is 0 Å². The molecule has 1 aliphatic heterocycles. The Bertz CT molecular complexity index is 1670. The first-order valence-electron chi connectivity index (χ1n) is 12.7. The molecule has 2 aromatic carbocycles. The van der Waals surface area contributed by atoms with Gasteiger partial charge in [0, 0.05) is 12.1 Å². The molecule has 206 valence electrons. The van der Waals surface area contributed by atoms with E-state index in [1.54, 1.807) is 35.6 Å². The van der Waals surface area contributed by atoms with Crippen LogP contribution in [0, 0.1) is 5.82 Å². The highest BCUT2D eigenvalue weighted by atomic mass is 32.2. The molecule has 41 heavy (non-hydrogen) atoms. The van der Waals surface area contributed by atoms with Crippen LogP contribution in [0.5, 0.6) is 0 Å². The van der Waals surface area contributed by atoms with Crippen molar-refractivity contribution in [1.82, 2.24) is 25.1 Å². The molecule has 1 N–H and O–H groups in total. The standard InChI is InChI=1S/C29H23FN6O3S2/c30-20-12-10-19(11-13-20)23-16-22(25-9-5-15-40-25)34-36(23)27(37)18-41-29-33-32-26(35(29)21-6-2-1-3-7-21)17-31-28(38)24-8-4-14-39-24/h1-15,23H,16-18H2,(H,31,38). The Labute approximate surface area is 242 Å². The van der Waals surface area contributed by atoms with Crippen LogP contribution in [0.25, 0.3) is 5.69 Å². The normalized spacial score (nSPS) is 14.7. The molecule has 2 amide bonds. The minimum absolute atomic E-state index is 0.0443. The summed E-state index contributed by atoms with van der Waals surface area (Å²) in [4.78, 5) is 27.0. The number of benzene rings is 2. The topological polar surface area (TPSA) is 106 Å². The molecule has 5 aromatic rings. The minimum Gasteiger partial charge on any atom is -0.459 e. The van der Waals surface area contributed by atoms with Gasteiger partial charge in [-0.15, -0.1) is 21.5 Å². The van der Waals surface area contributed by atoms with E-state index >= 15 is 0 Å². The Morgan fingerprint density at radius 2 is 1.85 bits per heavy atom. The van der Waals surface area contributed by atoms with Crippen LogP contribution in [-0.2, 0) is 11.3 Å². The van der Waals surface area contributed by atoms with Crippen molar-refractivity contribution < 1.29 is 18.4 Å². The average molecular weight is 587 g/mol. The molecule has 3 aromatic heterocycles. The van der Waals surface area contributed by atoms with Crippen LogP contribution in [0.1, 0.15) is 39.3 Å². The van der Waals surface area contributed by atoms with Crippen molar-refractivity contribution in [2.24, 2.45) is 5.10 Å². The number of hydrazone groups is 1. The predicted molar refractivity (Wildman–Crippen MR) is 153 cm³/mol. The van der Waals surface area contributed by atoms with E-state index in [1.165, 1.54) is 35.2 Å². The first-order valence-corrected chi connectivity index (χ1v) is 14.6. The number of hydrogen-bond acceptors (Lipinski definition) is 8. The second kappa shape index (κ2) is 11.9. The maximum absolute atomic E-state index is 13.6. The Hall–Kier alpha value is -4.55. The molecule has 1 aliphatic rings. The number of nitrogens with zero attached hydrogens (tertiary/aromatic N) is 5. The van der Waals surface area contributed by atoms with E-state index in [9.17, 15) is 14.0 Å². The number of aromatic nitrogens is 3. The van der Waals surface area contributed by atoms with E-state index in [0.29, 0.717) is 17.4 Å². The van der Waals surface area contributed by atoms with Crippen LogP contribution in [0.4, 0.5) is 4.39 Å². The highest BCUT2D eigenvalue weighted by molar-refractivity contribution is 7.99. The second-order valence-corrected chi connectivity index (χ2v) is 10.9. The zero-order valence-electron chi connectivity index (χ0n) is 21.5. The van der Waals surface area contributed by atoms with Crippen molar-refractivity contribution in [2.45, 2.75) is 24.2 Å². The molecule has 6 rings (SSSR count). The number of hydrogen-bond donors (Lipinski definition) is 1. The summed E-state index contributed by atoms with van der Waals surface area (Å²) in [6.07, 6.45) is 1.96. The Kier molecular flexibility index (Phi) is 7.74. The van der Waals surface area contributed by atoms with Gasteiger partial charge in [0.05, 0.1) is 35.2 Å². The van der Waals surface area contributed by atoms with Gasteiger partial charge in [0.2, 0.25) is 0 Å². The van der Waals surface area contributed by atoms with Gasteiger partial charge >= 0.3 is 0 Å². The lowest BCUT2D eigenvalue weighted by atomic mass is 10.0. The number of amides is 2. The van der Waals surface area contributed by atoms with Gasteiger partial charge in [-0.25, -0.2) is 9.40 Å². The zero-order valence-corrected chi connectivity index (χ0v) is 23.1. The molecule has 0 radical (unpaired) electrons. The molecule has 0 bridgehead atoms. The highest BCUT2D eigenvalue weighted by Gasteiger charge is 2.33. The Balaban J connectivity index is 1.23. The second-order valence-electron chi connectivity index (χ2n) is 9.05. The van der Waals surface area contributed by atoms with Crippen molar-refractivity contribution >= 4 is 40.6 Å². The molecule has 0 saturated carbocycles. The van der Waals surface area contributed by atoms with Crippen molar-refractivity contribution in [2.75, 3.05) is 5.75 Å². The van der Waals surface area contributed by atoms with E-state index in [1.807, 2.05) is 52.4 Å². The molecular formula is C29H23FN6O3S2. The fourth-order valence-electron chi connectivity index (χ4n) is 4.47. The molecule has 1 unspecified atom stereocenters. The van der Waals surface area contributed by atoms with Gasteiger partial charge in [0.25, 0.3) is 11.8 Å². The predicted octanol–water partition coefficient (Wildman–Crippen LogP) is 5.46. The monoisotopic (exact) mass is 586 g/mol. The summed E-state index contributed by atoms with van der Waals surface area (Å²) < 4.78 is 20.6. The Morgan fingerprint density at radius 1 is 1.02 bits per heavy atom. The number of carbonyl (C=O) groups is 2. The molecule has 0 fully saturated rings. The van der Waals surface area contributed by atoms with Gasteiger partial charge in [-0.1, -0.05) is 48.2 Å². The molecule has 9 nitrogen and oxygen atoms in total. The summed E-state index contributed by atoms with van der Waals surface area (Å²) in [6, 6.07) is 22.4. The van der Waals surface area contributed by atoms with Gasteiger partial charge in [-0.3, -0.25) is 14.2 Å². The Morgan fingerprint density at radius 3 is 2.59 bits per heavy atom. The number of thiophene rings is 1. The van der Waals surface area contributed by atoms with Gasteiger partial charge in [0.1, 0.15) is 5.82 Å². The van der Waals surface area contributed by atoms with Gasteiger partial charge in [-0.05, 0) is 53.4 Å². The van der Waals surface area contributed by atoms with Gasteiger partial charge in [-0.2, -0.15) is 5.10 Å². The summed E-state index contributed by atoms with van der Waals surface area (Å²) in [7, 11) is 0. The van der Waals surface area contributed by atoms with Crippen LogP contribution in [0.3, 0.4) is 0 Å². The number of rotatable bonds is 9. The maximum Gasteiger partial charge on any atom is 0.287 e. The fraction of sp³-hybridized carbons (Fsp3) is 0.138. The summed E-state index contributed by atoms with van der Waals surface area (Å²) in [5, 5.41) is 20.1. The fourth-order valence-corrected chi connectivity index (χ4v) is 6.01. The lowest BCUT2D eigenvalue weighted by molar-refractivity contribution is -0.130. The van der Waals surface area contributed by atoms with Crippen LogP contribution >= 0.6 is 23.1 Å². The number of para-hydroxylation sites is 1. The van der Waals surface area contributed by atoms with Crippen molar-refractivity contribution in [3.8, 4) is 5.69 Å². The molecule has 0 spiro atoms. The number of nitrogens with one attached hydrogen (secondary N) is 1. The van der Waals surface area contributed by atoms with E-state index in [-0.39, 0.29) is 41.7 Å². The first-order chi connectivity index (χ1) is 20.1. The summed E-state index contributed by atoms with van der Waals surface area (Å²) in [5.74, 6) is -0.193. The molecule has 0 saturated heterocycles. The maximum atomic E-state index is 13.6. The number of carbonyl (C=O) groups excluding carboxylic acids is 2. The van der Waals surface area contributed by atoms with Gasteiger partial charge in [0.15, 0.2) is 16.7 Å². The lowest BCUT2D eigenvalue weighted by Gasteiger charge is -2.22. The van der Waals surface area contributed by atoms with Crippen LogP contribution < -0.4 is 5.32 Å². The van der Waals surface area contributed by atoms with Crippen molar-refractivity contribution in [3.63, 3.8) is 0 Å².